The molecule has 2 aromatic rings. The van der Waals surface area contributed by atoms with E-state index in [2.05, 4.69) is 5.32 Å². The fourth-order valence-electron chi connectivity index (χ4n) is 1.52. The summed E-state index contributed by atoms with van der Waals surface area (Å²) >= 11 is 5.52. The van der Waals surface area contributed by atoms with Crippen molar-refractivity contribution in [2.24, 2.45) is 0 Å². The van der Waals surface area contributed by atoms with Gasteiger partial charge in [-0.05, 0) is 36.4 Å². The fraction of sp³-hybridized carbons (Fsp3) is 0. The molecule has 0 aliphatic rings. The second-order valence-corrected chi connectivity index (χ2v) is 4.26. The smallest absolute Gasteiger partial charge is 0.255 e. The van der Waals surface area contributed by atoms with Crippen molar-refractivity contribution in [2.45, 2.75) is 0 Å². The Morgan fingerprint density at radius 2 is 1.89 bits per heavy atom. The van der Waals surface area contributed by atoms with Gasteiger partial charge in [0.25, 0.3) is 5.91 Å². The van der Waals surface area contributed by atoms with Gasteiger partial charge in [0.1, 0.15) is 11.6 Å². The maximum atomic E-state index is 13.2. The molecule has 0 aliphatic heterocycles. The zero-order valence-electron chi connectivity index (χ0n) is 9.58. The highest BCUT2D eigenvalue weighted by molar-refractivity contribution is 6.30. The van der Waals surface area contributed by atoms with E-state index in [1.165, 1.54) is 18.2 Å². The molecule has 6 heteroatoms. The highest BCUT2D eigenvalue weighted by Crippen LogP contribution is 2.19. The number of benzene rings is 2. The molecule has 0 bridgehead atoms. The van der Waals surface area contributed by atoms with Crippen LogP contribution in [0, 0.1) is 11.6 Å². The Morgan fingerprint density at radius 3 is 2.53 bits per heavy atom. The lowest BCUT2D eigenvalue weighted by Crippen LogP contribution is -2.12. The molecule has 0 aromatic heterocycles. The minimum absolute atomic E-state index is 0.0481. The Hall–Kier alpha value is -2.14. The number of nitrogens with two attached hydrogens (primary N) is 1. The first-order valence-corrected chi connectivity index (χ1v) is 5.66. The lowest BCUT2D eigenvalue weighted by molar-refractivity contribution is 0.102. The molecule has 0 saturated carbocycles. The monoisotopic (exact) mass is 282 g/mol. The lowest BCUT2D eigenvalue weighted by Gasteiger charge is -2.07. The zero-order valence-corrected chi connectivity index (χ0v) is 10.3. The maximum absolute atomic E-state index is 13.2. The van der Waals surface area contributed by atoms with Crippen molar-refractivity contribution in [1.82, 2.24) is 0 Å². The Morgan fingerprint density at radius 1 is 1.16 bits per heavy atom. The van der Waals surface area contributed by atoms with E-state index in [1.54, 1.807) is 0 Å². The molecule has 0 aliphatic carbocycles. The van der Waals surface area contributed by atoms with Crippen molar-refractivity contribution in [3.8, 4) is 0 Å². The number of hydrogen-bond acceptors (Lipinski definition) is 2. The summed E-state index contributed by atoms with van der Waals surface area (Å²) in [6, 6.07) is 7.28. The molecule has 3 nitrogen and oxygen atoms in total. The quantitative estimate of drug-likeness (QED) is 0.829. The molecule has 2 aromatic carbocycles. The minimum atomic E-state index is -0.654. The Labute approximate surface area is 113 Å². The van der Waals surface area contributed by atoms with Gasteiger partial charge in [0, 0.05) is 16.9 Å². The maximum Gasteiger partial charge on any atom is 0.255 e. The van der Waals surface area contributed by atoms with Crippen LogP contribution in [0.2, 0.25) is 5.02 Å². The third-order valence-electron chi connectivity index (χ3n) is 2.36. The summed E-state index contributed by atoms with van der Waals surface area (Å²) in [4.78, 5) is 11.8. The number of hydrogen-bond donors (Lipinski definition) is 2. The van der Waals surface area contributed by atoms with Gasteiger partial charge in [-0.25, -0.2) is 8.78 Å². The summed E-state index contributed by atoms with van der Waals surface area (Å²) in [6.45, 7) is 0. The number of amides is 1. The summed E-state index contributed by atoms with van der Waals surface area (Å²) < 4.78 is 26.3. The molecule has 0 fully saturated rings. The molecular weight excluding hydrogens is 274 g/mol. The Kier molecular flexibility index (Phi) is 3.66. The van der Waals surface area contributed by atoms with Crippen molar-refractivity contribution in [2.75, 3.05) is 11.1 Å². The van der Waals surface area contributed by atoms with Crippen LogP contribution in [0.5, 0.6) is 0 Å². The second kappa shape index (κ2) is 5.24. The van der Waals surface area contributed by atoms with Gasteiger partial charge in [0.05, 0.1) is 5.02 Å². The van der Waals surface area contributed by atoms with Crippen LogP contribution in [0.15, 0.2) is 36.4 Å². The molecule has 1 amide bonds. The minimum Gasteiger partial charge on any atom is -0.399 e. The molecule has 19 heavy (non-hydrogen) atoms. The molecule has 0 unspecified atom stereocenters. The van der Waals surface area contributed by atoms with E-state index in [1.807, 2.05) is 0 Å². The highest BCUT2D eigenvalue weighted by atomic mass is 35.5. The normalized spacial score (nSPS) is 10.3. The molecule has 0 saturated heterocycles. The number of carbonyl (C=O) groups is 1. The Balaban J connectivity index is 2.22. The number of carbonyl (C=O) groups excluding carboxylic acids is 1. The summed E-state index contributed by atoms with van der Waals surface area (Å²) in [5.41, 5.74) is 5.84. The molecule has 0 atom stereocenters. The van der Waals surface area contributed by atoms with E-state index in [4.69, 9.17) is 17.3 Å². The van der Waals surface area contributed by atoms with Crippen LogP contribution in [-0.2, 0) is 0 Å². The van der Waals surface area contributed by atoms with Crippen molar-refractivity contribution in [3.05, 3.63) is 58.6 Å². The summed E-state index contributed by atoms with van der Waals surface area (Å²) in [5.74, 6) is -1.86. The van der Waals surface area contributed by atoms with Gasteiger partial charge in [-0.2, -0.15) is 0 Å². The van der Waals surface area contributed by atoms with Crippen molar-refractivity contribution >= 4 is 28.9 Å². The topological polar surface area (TPSA) is 55.1 Å². The van der Waals surface area contributed by atoms with Crippen LogP contribution in [0.3, 0.4) is 0 Å². The summed E-state index contributed by atoms with van der Waals surface area (Å²) in [7, 11) is 0. The predicted octanol–water partition coefficient (Wildman–Crippen LogP) is 3.45. The van der Waals surface area contributed by atoms with Gasteiger partial charge in [-0.1, -0.05) is 11.6 Å². The summed E-state index contributed by atoms with van der Waals surface area (Å²) in [5, 5.41) is 2.37. The zero-order chi connectivity index (χ0) is 14.0. The highest BCUT2D eigenvalue weighted by Gasteiger charge is 2.09. The average Bonchev–Trinajstić information content (AvgIpc) is 2.32. The number of halogens is 3. The second-order valence-electron chi connectivity index (χ2n) is 3.86. The molecule has 2 rings (SSSR count). The molecule has 0 heterocycles. The molecule has 3 N–H and O–H groups in total. The molecule has 0 radical (unpaired) electrons. The first-order valence-electron chi connectivity index (χ1n) is 5.28. The van der Waals surface area contributed by atoms with Gasteiger partial charge in [-0.15, -0.1) is 0 Å². The standard InChI is InChI=1S/C13H9ClF2N2O/c14-11-2-1-10(6-12(11)16)18-13(19)7-3-8(15)5-9(17)4-7/h1-6H,17H2,(H,18,19). The number of rotatable bonds is 2. The van der Waals surface area contributed by atoms with Crippen molar-refractivity contribution in [1.29, 1.82) is 0 Å². The van der Waals surface area contributed by atoms with E-state index >= 15 is 0 Å². The van der Waals surface area contributed by atoms with Crippen LogP contribution >= 0.6 is 11.6 Å². The van der Waals surface area contributed by atoms with Gasteiger partial charge < -0.3 is 11.1 Å². The molecular formula is C13H9ClF2N2O. The Bertz CT molecular complexity index is 626. The van der Waals surface area contributed by atoms with Gasteiger partial charge in [-0.3, -0.25) is 4.79 Å². The van der Waals surface area contributed by atoms with E-state index in [9.17, 15) is 13.6 Å². The van der Waals surface area contributed by atoms with Crippen LogP contribution in [0.25, 0.3) is 0 Å². The van der Waals surface area contributed by atoms with Crippen molar-refractivity contribution in [3.63, 3.8) is 0 Å². The summed E-state index contributed by atoms with van der Waals surface area (Å²) in [6.07, 6.45) is 0. The van der Waals surface area contributed by atoms with Gasteiger partial charge >= 0.3 is 0 Å². The van der Waals surface area contributed by atoms with E-state index < -0.39 is 17.5 Å². The van der Waals surface area contributed by atoms with E-state index in [0.717, 1.165) is 18.2 Å². The fourth-order valence-corrected chi connectivity index (χ4v) is 1.64. The number of anilines is 2. The molecule has 0 spiro atoms. The van der Waals surface area contributed by atoms with Crippen molar-refractivity contribution < 1.29 is 13.6 Å². The first kappa shape index (κ1) is 13.3. The molecule has 98 valence electrons. The predicted molar refractivity (Wildman–Crippen MR) is 70.2 cm³/mol. The number of nitrogen functional groups attached to an aromatic ring is 1. The van der Waals surface area contributed by atoms with Gasteiger partial charge in [0.15, 0.2) is 0 Å². The number of nitrogens with one attached hydrogen (secondary N) is 1. The third kappa shape index (κ3) is 3.20. The SMILES string of the molecule is Nc1cc(F)cc(C(=O)Nc2ccc(Cl)c(F)c2)c1. The van der Waals surface area contributed by atoms with Crippen LogP contribution in [0.4, 0.5) is 20.2 Å². The van der Waals surface area contributed by atoms with Crippen LogP contribution in [0.1, 0.15) is 10.4 Å². The van der Waals surface area contributed by atoms with E-state index in [0.29, 0.717) is 0 Å². The van der Waals surface area contributed by atoms with Crippen LogP contribution < -0.4 is 11.1 Å². The first-order chi connectivity index (χ1) is 8.95. The van der Waals surface area contributed by atoms with E-state index in [-0.39, 0.29) is 22.0 Å². The van der Waals surface area contributed by atoms with Crippen LogP contribution in [-0.4, -0.2) is 5.91 Å². The average molecular weight is 283 g/mol. The largest absolute Gasteiger partial charge is 0.399 e. The lowest BCUT2D eigenvalue weighted by atomic mass is 10.1. The van der Waals surface area contributed by atoms with Gasteiger partial charge in [0.2, 0.25) is 0 Å². The third-order valence-corrected chi connectivity index (χ3v) is 2.67.